The Morgan fingerprint density at radius 3 is 3.00 bits per heavy atom. The van der Waals surface area contributed by atoms with E-state index in [-0.39, 0.29) is 11.8 Å². The number of nitrogens with one attached hydrogen (secondary N) is 1. The summed E-state index contributed by atoms with van der Waals surface area (Å²) in [6.07, 6.45) is 6.15. The van der Waals surface area contributed by atoms with Crippen molar-refractivity contribution in [2.75, 3.05) is 27.7 Å². The Bertz CT molecular complexity index is 802. The number of carbonyl (C=O) groups is 1. The minimum Gasteiger partial charge on any atom is -0.361 e. The van der Waals surface area contributed by atoms with E-state index in [2.05, 4.69) is 47.4 Å². The van der Waals surface area contributed by atoms with Gasteiger partial charge >= 0.3 is 0 Å². The fourth-order valence-corrected chi connectivity index (χ4v) is 4.08. The highest BCUT2D eigenvalue weighted by molar-refractivity contribution is 5.98. The summed E-state index contributed by atoms with van der Waals surface area (Å²) in [5.74, 6) is 0.493. The number of benzene rings is 1. The number of hydrogen-bond donors (Lipinski definition) is 1. The first-order chi connectivity index (χ1) is 11.0. The van der Waals surface area contributed by atoms with E-state index in [1.54, 1.807) is 4.90 Å². The van der Waals surface area contributed by atoms with Crippen molar-refractivity contribution in [2.45, 2.75) is 18.9 Å². The summed E-state index contributed by atoms with van der Waals surface area (Å²) in [4.78, 5) is 19.6. The predicted molar refractivity (Wildman–Crippen MR) is 93.2 cm³/mol. The molecular weight excluding hydrogens is 286 g/mol. The first kappa shape index (κ1) is 14.5. The van der Waals surface area contributed by atoms with Crippen molar-refractivity contribution < 1.29 is 4.79 Å². The lowest BCUT2D eigenvalue weighted by molar-refractivity contribution is -0.129. The first-order valence-corrected chi connectivity index (χ1v) is 8.26. The van der Waals surface area contributed by atoms with E-state index in [4.69, 9.17) is 0 Å². The number of nitrogens with zero attached hydrogens (tertiary/aromatic N) is 2. The fourth-order valence-electron chi connectivity index (χ4n) is 4.08. The van der Waals surface area contributed by atoms with Crippen molar-refractivity contribution in [3.8, 4) is 0 Å². The van der Waals surface area contributed by atoms with E-state index < -0.39 is 0 Å². The molecule has 120 valence electrons. The zero-order valence-electron chi connectivity index (χ0n) is 14.0. The van der Waals surface area contributed by atoms with Gasteiger partial charge in [0.05, 0.1) is 0 Å². The molecule has 0 saturated heterocycles. The lowest BCUT2D eigenvalue weighted by Crippen LogP contribution is -2.43. The van der Waals surface area contributed by atoms with E-state index in [0.717, 1.165) is 13.0 Å². The number of fused-ring (bicyclic) bond motifs is 2. The molecule has 4 nitrogen and oxygen atoms in total. The molecule has 2 heterocycles. The third-order valence-corrected chi connectivity index (χ3v) is 5.28. The lowest BCUT2D eigenvalue weighted by Gasteiger charge is -2.40. The average Bonchev–Trinajstić information content (AvgIpc) is 2.93. The summed E-state index contributed by atoms with van der Waals surface area (Å²) in [6, 6.07) is 6.91. The molecule has 1 aliphatic carbocycles. The Labute approximate surface area is 136 Å². The van der Waals surface area contributed by atoms with Crippen molar-refractivity contribution >= 4 is 22.4 Å². The molecule has 1 aromatic carbocycles. The van der Waals surface area contributed by atoms with Gasteiger partial charge in [-0.2, -0.15) is 0 Å². The van der Waals surface area contributed by atoms with Crippen LogP contribution in [0.15, 0.2) is 30.5 Å². The van der Waals surface area contributed by atoms with Crippen LogP contribution >= 0.6 is 0 Å². The Balaban J connectivity index is 1.77. The molecule has 2 aliphatic rings. The molecule has 1 aliphatic heterocycles. The highest BCUT2D eigenvalue weighted by Gasteiger charge is 2.34. The van der Waals surface area contributed by atoms with Crippen molar-refractivity contribution in [1.29, 1.82) is 0 Å². The highest BCUT2D eigenvalue weighted by atomic mass is 16.2. The number of likely N-dealkylation sites (N-methyl/N-ethyl adjacent to an activating group) is 1. The molecule has 2 atom stereocenters. The highest BCUT2D eigenvalue weighted by Crippen LogP contribution is 2.41. The maximum Gasteiger partial charge on any atom is 0.222 e. The monoisotopic (exact) mass is 309 g/mol. The third-order valence-electron chi connectivity index (χ3n) is 5.28. The topological polar surface area (TPSA) is 39.3 Å². The van der Waals surface area contributed by atoms with E-state index in [1.165, 1.54) is 27.6 Å². The molecule has 4 heteroatoms. The van der Waals surface area contributed by atoms with Crippen LogP contribution in [0.1, 0.15) is 17.5 Å². The second-order valence-electron chi connectivity index (χ2n) is 7.08. The van der Waals surface area contributed by atoms with Crippen LogP contribution in [0.2, 0.25) is 0 Å². The summed E-state index contributed by atoms with van der Waals surface area (Å²) in [6.45, 7) is 0.948. The molecule has 1 N–H and O–H groups in total. The van der Waals surface area contributed by atoms with Crippen LogP contribution in [0.4, 0.5) is 0 Å². The van der Waals surface area contributed by atoms with Crippen LogP contribution in [0.5, 0.6) is 0 Å². The number of aromatic amines is 1. The van der Waals surface area contributed by atoms with E-state index >= 15 is 0 Å². The van der Waals surface area contributed by atoms with Crippen LogP contribution in [-0.2, 0) is 11.2 Å². The third kappa shape index (κ3) is 2.29. The van der Waals surface area contributed by atoms with Crippen molar-refractivity contribution in [1.82, 2.24) is 14.8 Å². The number of rotatable bonds is 2. The van der Waals surface area contributed by atoms with Crippen LogP contribution in [0.25, 0.3) is 16.5 Å². The smallest absolute Gasteiger partial charge is 0.222 e. The fraction of sp³-hybridized carbons (Fsp3) is 0.421. The van der Waals surface area contributed by atoms with Crippen molar-refractivity contribution in [2.24, 2.45) is 5.92 Å². The predicted octanol–water partition coefficient (Wildman–Crippen LogP) is 2.52. The molecular formula is C19H23N3O. The minimum absolute atomic E-state index is 0.204. The molecule has 0 radical (unpaired) electrons. The second-order valence-corrected chi connectivity index (χ2v) is 7.08. The van der Waals surface area contributed by atoms with Crippen molar-refractivity contribution in [3.63, 3.8) is 0 Å². The number of carbonyl (C=O) groups excluding carboxylic acids is 1. The zero-order chi connectivity index (χ0) is 16.1. The Morgan fingerprint density at radius 1 is 1.39 bits per heavy atom. The van der Waals surface area contributed by atoms with Gasteiger partial charge in [-0.25, -0.2) is 0 Å². The SMILES string of the molecule is CN(C)C(=O)C[C@@H]1C=C2c3cccc4[nH]cc(c34)C[C@H]2N(C)C1. The van der Waals surface area contributed by atoms with Gasteiger partial charge in [-0.1, -0.05) is 18.2 Å². The van der Waals surface area contributed by atoms with E-state index in [1.807, 2.05) is 14.1 Å². The Hall–Kier alpha value is -2.07. The van der Waals surface area contributed by atoms with Gasteiger partial charge in [0.15, 0.2) is 0 Å². The first-order valence-electron chi connectivity index (χ1n) is 8.26. The van der Waals surface area contributed by atoms with Crippen molar-refractivity contribution in [3.05, 3.63) is 41.6 Å². The zero-order valence-corrected chi connectivity index (χ0v) is 14.0. The van der Waals surface area contributed by atoms with Gasteiger partial charge in [0.1, 0.15) is 0 Å². The quantitative estimate of drug-likeness (QED) is 0.926. The molecule has 4 rings (SSSR count). The van der Waals surface area contributed by atoms with Gasteiger partial charge < -0.3 is 9.88 Å². The minimum atomic E-state index is 0.204. The van der Waals surface area contributed by atoms with Gasteiger partial charge in [-0.05, 0) is 42.2 Å². The average molecular weight is 309 g/mol. The second kappa shape index (κ2) is 5.24. The molecule has 1 amide bonds. The van der Waals surface area contributed by atoms with Gasteiger partial charge in [-0.15, -0.1) is 0 Å². The molecule has 0 bridgehead atoms. The number of amides is 1. The molecule has 1 aromatic heterocycles. The molecule has 0 spiro atoms. The summed E-state index contributed by atoms with van der Waals surface area (Å²) < 4.78 is 0. The molecule has 2 aromatic rings. The maximum absolute atomic E-state index is 12.1. The standard InChI is InChI=1S/C19H23N3O/c1-21(2)18(23)8-12-7-15-14-5-4-6-16-19(14)13(10-20-16)9-17(15)22(3)11-12/h4-7,10,12,17,20H,8-9,11H2,1-3H3/t12-,17+/m0/s1. The van der Waals surface area contributed by atoms with E-state index in [0.29, 0.717) is 12.5 Å². The normalized spacial score (nSPS) is 23.5. The largest absolute Gasteiger partial charge is 0.361 e. The van der Waals surface area contributed by atoms with Crippen LogP contribution in [0, 0.1) is 5.92 Å². The van der Waals surface area contributed by atoms with E-state index in [9.17, 15) is 4.79 Å². The molecule has 0 saturated carbocycles. The van der Waals surface area contributed by atoms with Crippen LogP contribution < -0.4 is 0 Å². The summed E-state index contributed by atoms with van der Waals surface area (Å²) >= 11 is 0. The van der Waals surface area contributed by atoms with Gasteiger partial charge in [0.25, 0.3) is 0 Å². The Morgan fingerprint density at radius 2 is 2.22 bits per heavy atom. The molecule has 0 fully saturated rings. The number of aromatic nitrogens is 1. The van der Waals surface area contributed by atoms with Gasteiger partial charge in [-0.3, -0.25) is 9.69 Å². The Kier molecular flexibility index (Phi) is 3.31. The number of H-pyrrole nitrogens is 1. The number of hydrogen-bond acceptors (Lipinski definition) is 2. The summed E-state index contributed by atoms with van der Waals surface area (Å²) in [7, 11) is 5.85. The summed E-state index contributed by atoms with van der Waals surface area (Å²) in [5.41, 5.74) is 5.36. The van der Waals surface area contributed by atoms with Gasteiger partial charge in [0, 0.05) is 50.2 Å². The maximum atomic E-state index is 12.1. The molecule has 0 unspecified atom stereocenters. The van der Waals surface area contributed by atoms with Crippen LogP contribution in [0.3, 0.4) is 0 Å². The summed E-state index contributed by atoms with van der Waals surface area (Å²) in [5, 5.41) is 1.36. The van der Waals surface area contributed by atoms with Crippen LogP contribution in [-0.4, -0.2) is 54.4 Å². The molecule has 23 heavy (non-hydrogen) atoms. The van der Waals surface area contributed by atoms with Gasteiger partial charge in [0.2, 0.25) is 5.91 Å². The lowest BCUT2D eigenvalue weighted by atomic mass is 9.79.